The van der Waals surface area contributed by atoms with Crippen LogP contribution in [0.2, 0.25) is 5.02 Å². The van der Waals surface area contributed by atoms with E-state index in [2.05, 4.69) is 6.07 Å². The molecule has 0 aromatic heterocycles. The Morgan fingerprint density at radius 1 is 1.24 bits per heavy atom. The highest BCUT2D eigenvalue weighted by Crippen LogP contribution is 2.65. The number of nitriles is 3. The first kappa shape index (κ1) is 17.2. The van der Waals surface area contributed by atoms with Gasteiger partial charge in [0.25, 0.3) is 0 Å². The summed E-state index contributed by atoms with van der Waals surface area (Å²) in [6.07, 6.45) is -0.573. The molecular weight excluding hydrogens is 340 g/mol. The van der Waals surface area contributed by atoms with Gasteiger partial charge < -0.3 is 9.47 Å². The van der Waals surface area contributed by atoms with Gasteiger partial charge in [0.05, 0.1) is 30.2 Å². The van der Waals surface area contributed by atoms with Crippen molar-refractivity contribution in [1.29, 1.82) is 21.2 Å². The van der Waals surface area contributed by atoms with Gasteiger partial charge in [0.1, 0.15) is 0 Å². The van der Waals surface area contributed by atoms with Gasteiger partial charge in [-0.2, -0.15) is 15.8 Å². The average Bonchev–Trinajstić information content (AvgIpc) is 2.78. The molecule has 7 heteroatoms. The highest BCUT2D eigenvalue weighted by Gasteiger charge is 2.79. The lowest BCUT2D eigenvalue weighted by atomic mass is 9.54. The second-order valence-electron chi connectivity index (χ2n) is 6.30. The number of hydrogen-bond donors (Lipinski definition) is 1. The molecule has 2 aliphatic rings. The molecule has 4 atom stereocenters. The first-order valence-electron chi connectivity index (χ1n) is 7.84. The van der Waals surface area contributed by atoms with Crippen LogP contribution in [0, 0.1) is 56.2 Å². The van der Waals surface area contributed by atoms with Crippen LogP contribution in [0.4, 0.5) is 0 Å². The molecule has 2 aliphatic heterocycles. The molecule has 1 aromatic rings. The maximum atomic E-state index is 9.98. The largest absolute Gasteiger partial charge is 0.443 e. The number of nitrogens with zero attached hydrogens (tertiary/aromatic N) is 3. The van der Waals surface area contributed by atoms with Crippen LogP contribution in [0.5, 0.6) is 0 Å². The van der Waals surface area contributed by atoms with Crippen LogP contribution < -0.4 is 0 Å². The number of hydrogen-bond acceptors (Lipinski definition) is 6. The van der Waals surface area contributed by atoms with Gasteiger partial charge in [0.15, 0.2) is 10.8 Å². The van der Waals surface area contributed by atoms with Crippen molar-refractivity contribution in [2.45, 2.75) is 32.2 Å². The normalized spacial score (nSPS) is 35.1. The molecule has 2 heterocycles. The molecular formula is C18H15ClN4O2. The second-order valence-corrected chi connectivity index (χ2v) is 6.73. The molecule has 2 bridgehead atoms. The van der Waals surface area contributed by atoms with Crippen molar-refractivity contribution < 1.29 is 9.47 Å². The summed E-state index contributed by atoms with van der Waals surface area (Å²) in [7, 11) is 0. The zero-order chi connectivity index (χ0) is 18.5. The average molecular weight is 355 g/mol. The Bertz CT molecular complexity index is 866. The molecule has 4 unspecified atom stereocenters. The number of halogens is 1. The van der Waals surface area contributed by atoms with E-state index in [1.807, 2.05) is 12.1 Å². The molecule has 0 amide bonds. The van der Waals surface area contributed by atoms with E-state index in [1.54, 1.807) is 38.1 Å². The number of benzene rings is 1. The van der Waals surface area contributed by atoms with Crippen molar-refractivity contribution in [3.05, 3.63) is 34.9 Å². The molecule has 0 aliphatic carbocycles. The van der Waals surface area contributed by atoms with Gasteiger partial charge in [0.2, 0.25) is 11.7 Å². The number of ether oxygens (including phenoxy) is 2. The Labute approximate surface area is 150 Å². The zero-order valence-corrected chi connectivity index (χ0v) is 14.5. The van der Waals surface area contributed by atoms with Crippen LogP contribution in [0.3, 0.4) is 0 Å². The molecule has 2 saturated heterocycles. The molecule has 3 rings (SSSR count). The van der Waals surface area contributed by atoms with Crippen molar-refractivity contribution >= 4 is 17.5 Å². The third kappa shape index (κ3) is 1.78. The fourth-order valence-corrected chi connectivity index (χ4v) is 4.25. The monoisotopic (exact) mass is 354 g/mol. The van der Waals surface area contributed by atoms with Gasteiger partial charge in [-0.25, -0.2) is 0 Å². The second kappa shape index (κ2) is 5.46. The first-order valence-corrected chi connectivity index (χ1v) is 8.22. The predicted octanol–water partition coefficient (Wildman–Crippen LogP) is 3.49. The summed E-state index contributed by atoms with van der Waals surface area (Å²) < 4.78 is 11.9. The Hall–Kier alpha value is -2.59. The van der Waals surface area contributed by atoms with E-state index in [0.29, 0.717) is 17.0 Å². The molecule has 126 valence electrons. The Kier molecular flexibility index (Phi) is 3.77. The lowest BCUT2D eigenvalue weighted by molar-refractivity contribution is -0.285. The first-order chi connectivity index (χ1) is 11.9. The zero-order valence-electron chi connectivity index (χ0n) is 13.7. The minimum absolute atomic E-state index is 0.316. The summed E-state index contributed by atoms with van der Waals surface area (Å²) in [5.41, 5.74) is -3.00. The van der Waals surface area contributed by atoms with Crippen molar-refractivity contribution in [3.63, 3.8) is 0 Å². The van der Waals surface area contributed by atoms with E-state index in [-0.39, 0.29) is 0 Å². The minimum atomic E-state index is -1.83. The van der Waals surface area contributed by atoms with Gasteiger partial charge in [-0.15, -0.1) is 0 Å². The Morgan fingerprint density at radius 3 is 2.44 bits per heavy atom. The molecule has 1 N–H and O–H groups in total. The summed E-state index contributed by atoms with van der Waals surface area (Å²) in [5, 5.41) is 38.4. The molecule has 0 saturated carbocycles. The molecule has 0 radical (unpaired) electrons. The molecule has 0 spiro atoms. The van der Waals surface area contributed by atoms with Gasteiger partial charge in [-0.05, 0) is 18.6 Å². The summed E-state index contributed by atoms with van der Waals surface area (Å²) in [6, 6.07) is 12.8. The number of fused-ring (bicyclic) bond motifs is 2. The third-order valence-electron chi connectivity index (χ3n) is 5.38. The minimum Gasteiger partial charge on any atom is -0.443 e. The molecule has 1 aromatic carbocycles. The van der Waals surface area contributed by atoms with Crippen LogP contribution in [0.1, 0.15) is 25.8 Å². The molecule has 2 fully saturated rings. The van der Waals surface area contributed by atoms with E-state index in [4.69, 9.17) is 26.5 Å². The number of nitrogens with one attached hydrogen (secondary N) is 1. The van der Waals surface area contributed by atoms with Gasteiger partial charge >= 0.3 is 0 Å². The summed E-state index contributed by atoms with van der Waals surface area (Å²) >= 11 is 6.10. The summed E-state index contributed by atoms with van der Waals surface area (Å²) in [5.74, 6) is -2.60. The van der Waals surface area contributed by atoms with Crippen molar-refractivity contribution in [3.8, 4) is 18.2 Å². The van der Waals surface area contributed by atoms with Crippen molar-refractivity contribution in [2.24, 2.45) is 16.7 Å². The predicted molar refractivity (Wildman–Crippen MR) is 88.0 cm³/mol. The van der Waals surface area contributed by atoms with Crippen molar-refractivity contribution in [1.82, 2.24) is 0 Å². The van der Waals surface area contributed by atoms with Crippen LogP contribution in [0.15, 0.2) is 24.3 Å². The third-order valence-corrected chi connectivity index (χ3v) is 5.62. The lowest BCUT2D eigenvalue weighted by Gasteiger charge is -2.48. The fraction of sp³-hybridized carbons (Fsp3) is 0.444. The van der Waals surface area contributed by atoms with E-state index < -0.39 is 34.5 Å². The summed E-state index contributed by atoms with van der Waals surface area (Å²) in [4.78, 5) is 0. The standard InChI is InChI=1S/C18H15ClN4O2/c1-3-14-16(8-20,9-21)17(10-22)11(2)18(24-14,25-15(17)23)12-5-4-6-13(19)7-12/h4-7,11,14,23H,3H2,1-2H3. The van der Waals surface area contributed by atoms with Crippen LogP contribution in [-0.2, 0) is 15.3 Å². The van der Waals surface area contributed by atoms with Gasteiger partial charge in [-0.3, -0.25) is 5.41 Å². The van der Waals surface area contributed by atoms with Crippen LogP contribution in [0.25, 0.3) is 0 Å². The van der Waals surface area contributed by atoms with Gasteiger partial charge in [0, 0.05) is 10.6 Å². The highest BCUT2D eigenvalue weighted by atomic mass is 35.5. The fourth-order valence-electron chi connectivity index (χ4n) is 4.06. The van der Waals surface area contributed by atoms with Crippen molar-refractivity contribution in [2.75, 3.05) is 0 Å². The maximum absolute atomic E-state index is 9.98. The Balaban J connectivity index is 2.33. The highest BCUT2D eigenvalue weighted by molar-refractivity contribution is 6.30. The van der Waals surface area contributed by atoms with E-state index >= 15 is 0 Å². The quantitative estimate of drug-likeness (QED) is 0.873. The maximum Gasteiger partial charge on any atom is 0.243 e. The van der Waals surface area contributed by atoms with Gasteiger partial charge in [-0.1, -0.05) is 37.6 Å². The lowest BCUT2D eigenvalue weighted by Crippen LogP contribution is -2.60. The molecule has 6 nitrogen and oxygen atoms in total. The Morgan fingerprint density at radius 2 is 1.92 bits per heavy atom. The summed E-state index contributed by atoms with van der Waals surface area (Å²) in [6.45, 7) is 3.44. The van der Waals surface area contributed by atoms with Crippen LogP contribution in [-0.4, -0.2) is 12.0 Å². The van der Waals surface area contributed by atoms with E-state index in [0.717, 1.165) is 0 Å². The van der Waals surface area contributed by atoms with E-state index in [1.165, 1.54) is 0 Å². The van der Waals surface area contributed by atoms with Crippen LogP contribution >= 0.6 is 11.6 Å². The topological polar surface area (TPSA) is 114 Å². The smallest absolute Gasteiger partial charge is 0.243 e. The molecule has 25 heavy (non-hydrogen) atoms. The van der Waals surface area contributed by atoms with E-state index in [9.17, 15) is 15.8 Å². The SMILES string of the molecule is CCC1OC2(c3cccc(Cl)c3)OC(=N)C(C#N)(C2C)C1(C#N)C#N. The number of rotatable bonds is 2.